The van der Waals surface area contributed by atoms with Crippen LogP contribution in [0.3, 0.4) is 0 Å². The first-order valence-electron chi connectivity index (χ1n) is 7.00. The third-order valence-corrected chi connectivity index (χ3v) is 4.19. The van der Waals surface area contributed by atoms with Crippen LogP contribution in [0.4, 0.5) is 5.69 Å². The normalized spacial score (nSPS) is 15.1. The number of carbonyl (C=O) groups excluding carboxylic acids is 1. The molecule has 0 radical (unpaired) electrons. The Morgan fingerprint density at radius 2 is 2.05 bits per heavy atom. The van der Waals surface area contributed by atoms with E-state index < -0.39 is 0 Å². The maximum absolute atomic E-state index is 11.6. The number of esters is 1. The molecule has 0 heterocycles. The van der Waals surface area contributed by atoms with Crippen molar-refractivity contribution >= 4 is 11.7 Å². The van der Waals surface area contributed by atoms with E-state index in [4.69, 9.17) is 4.74 Å². The third kappa shape index (κ3) is 2.15. The van der Waals surface area contributed by atoms with Crippen molar-refractivity contribution < 1.29 is 14.5 Å². The van der Waals surface area contributed by atoms with Crippen LogP contribution in [0.5, 0.6) is 0 Å². The molecule has 5 nitrogen and oxygen atoms in total. The fraction of sp³-hybridized carbons (Fsp3) is 0.235. The summed E-state index contributed by atoms with van der Waals surface area (Å²) in [4.78, 5) is 22.2. The molecular formula is C17H15NO4. The number of methoxy groups -OCH3 is 1. The van der Waals surface area contributed by atoms with Crippen molar-refractivity contribution in [3.63, 3.8) is 0 Å². The molecule has 112 valence electrons. The number of fused-ring (bicyclic) bond motifs is 3. The summed E-state index contributed by atoms with van der Waals surface area (Å²) >= 11 is 0. The van der Waals surface area contributed by atoms with Crippen LogP contribution in [-0.2, 0) is 16.0 Å². The number of carbonyl (C=O) groups is 1. The van der Waals surface area contributed by atoms with Gasteiger partial charge in [-0.1, -0.05) is 25.1 Å². The Bertz CT molecular complexity index is 782. The molecule has 0 fully saturated rings. The first kappa shape index (κ1) is 14.3. The van der Waals surface area contributed by atoms with Crippen molar-refractivity contribution in [2.75, 3.05) is 7.11 Å². The molecular weight excluding hydrogens is 282 g/mol. The van der Waals surface area contributed by atoms with Gasteiger partial charge >= 0.3 is 5.97 Å². The molecule has 0 aliphatic heterocycles. The lowest BCUT2D eigenvalue weighted by atomic mass is 9.93. The molecule has 0 saturated heterocycles. The summed E-state index contributed by atoms with van der Waals surface area (Å²) in [6.07, 6.45) is 0.208. The van der Waals surface area contributed by atoms with Gasteiger partial charge in [0.25, 0.3) is 5.69 Å². The molecule has 1 unspecified atom stereocenters. The average Bonchev–Trinajstić information content (AvgIpc) is 2.81. The minimum Gasteiger partial charge on any atom is -0.469 e. The summed E-state index contributed by atoms with van der Waals surface area (Å²) < 4.78 is 4.75. The molecule has 0 bridgehead atoms. The molecule has 0 amide bonds. The van der Waals surface area contributed by atoms with Crippen LogP contribution >= 0.6 is 0 Å². The van der Waals surface area contributed by atoms with Crippen molar-refractivity contribution in [3.05, 3.63) is 63.2 Å². The molecule has 0 saturated carbocycles. The Morgan fingerprint density at radius 1 is 1.27 bits per heavy atom. The Kier molecular flexibility index (Phi) is 3.41. The smallest absolute Gasteiger partial charge is 0.309 e. The van der Waals surface area contributed by atoms with Crippen molar-refractivity contribution in [3.8, 4) is 11.1 Å². The lowest BCUT2D eigenvalue weighted by Gasteiger charge is -2.12. The molecule has 1 aliphatic carbocycles. The molecule has 0 N–H and O–H groups in total. The van der Waals surface area contributed by atoms with Crippen LogP contribution in [0, 0.1) is 10.1 Å². The molecule has 2 aromatic rings. The fourth-order valence-electron chi connectivity index (χ4n) is 3.16. The van der Waals surface area contributed by atoms with Crippen molar-refractivity contribution in [2.45, 2.75) is 19.3 Å². The molecule has 22 heavy (non-hydrogen) atoms. The third-order valence-electron chi connectivity index (χ3n) is 4.19. The minimum absolute atomic E-state index is 0.0192. The summed E-state index contributed by atoms with van der Waals surface area (Å²) in [5.74, 6) is -0.270. The first-order chi connectivity index (χ1) is 10.5. The van der Waals surface area contributed by atoms with Crippen LogP contribution in [-0.4, -0.2) is 18.0 Å². The number of benzene rings is 2. The molecule has 3 rings (SSSR count). The van der Waals surface area contributed by atoms with E-state index in [1.165, 1.54) is 13.2 Å². The number of nitro benzene ring substituents is 1. The van der Waals surface area contributed by atoms with E-state index in [-0.39, 0.29) is 28.9 Å². The Balaban J connectivity index is 2.12. The quantitative estimate of drug-likeness (QED) is 0.494. The van der Waals surface area contributed by atoms with Crippen LogP contribution in [0.1, 0.15) is 29.5 Å². The van der Waals surface area contributed by atoms with Crippen LogP contribution in [0.2, 0.25) is 0 Å². The van der Waals surface area contributed by atoms with E-state index in [1.807, 2.05) is 25.1 Å². The van der Waals surface area contributed by atoms with Gasteiger partial charge in [0, 0.05) is 18.1 Å². The second-order valence-corrected chi connectivity index (χ2v) is 5.38. The summed E-state index contributed by atoms with van der Waals surface area (Å²) in [6, 6.07) is 10.7. The number of nitro groups is 1. The standard InChI is InChI=1S/C17H15NO4/c1-10-15-9-12(18(20)21)6-7-13(15)14-5-3-4-11(17(10)14)8-16(19)22-2/h3-7,9-10H,8H2,1-2H3. The van der Waals surface area contributed by atoms with E-state index in [2.05, 4.69) is 0 Å². The maximum Gasteiger partial charge on any atom is 0.309 e. The van der Waals surface area contributed by atoms with Crippen molar-refractivity contribution in [2.24, 2.45) is 0 Å². The van der Waals surface area contributed by atoms with Gasteiger partial charge in [0.2, 0.25) is 0 Å². The summed E-state index contributed by atoms with van der Waals surface area (Å²) in [5.41, 5.74) is 5.03. The van der Waals surface area contributed by atoms with Gasteiger partial charge in [-0.2, -0.15) is 0 Å². The fourth-order valence-corrected chi connectivity index (χ4v) is 3.16. The summed E-state index contributed by atoms with van der Waals surface area (Å²) in [6.45, 7) is 2.01. The highest BCUT2D eigenvalue weighted by Crippen LogP contribution is 2.47. The lowest BCUT2D eigenvalue weighted by molar-refractivity contribution is -0.384. The second kappa shape index (κ2) is 5.26. The van der Waals surface area contributed by atoms with Gasteiger partial charge in [0.1, 0.15) is 0 Å². The number of ether oxygens (including phenoxy) is 1. The first-order valence-corrected chi connectivity index (χ1v) is 7.00. The molecule has 0 aromatic heterocycles. The van der Waals surface area contributed by atoms with Crippen molar-refractivity contribution in [1.29, 1.82) is 0 Å². The number of non-ortho nitro benzene ring substituents is 1. The summed E-state index contributed by atoms with van der Waals surface area (Å²) in [7, 11) is 1.37. The van der Waals surface area contributed by atoms with Gasteiger partial charge in [-0.3, -0.25) is 14.9 Å². The molecule has 1 aliphatic rings. The number of hydrogen-bond donors (Lipinski definition) is 0. The highest BCUT2D eigenvalue weighted by molar-refractivity contribution is 5.83. The van der Waals surface area contributed by atoms with E-state index in [9.17, 15) is 14.9 Å². The van der Waals surface area contributed by atoms with Gasteiger partial charge in [-0.15, -0.1) is 0 Å². The summed E-state index contributed by atoms with van der Waals surface area (Å²) in [5, 5.41) is 11.0. The minimum atomic E-state index is -0.384. The highest BCUT2D eigenvalue weighted by atomic mass is 16.6. The van der Waals surface area contributed by atoms with Crippen LogP contribution in [0.15, 0.2) is 36.4 Å². The predicted molar refractivity (Wildman–Crippen MR) is 81.8 cm³/mol. The van der Waals surface area contributed by atoms with Crippen LogP contribution < -0.4 is 0 Å². The zero-order valence-corrected chi connectivity index (χ0v) is 12.3. The predicted octanol–water partition coefficient (Wildman–Crippen LogP) is 3.44. The largest absolute Gasteiger partial charge is 0.469 e. The van der Waals surface area contributed by atoms with Gasteiger partial charge in [0.15, 0.2) is 0 Å². The lowest BCUT2D eigenvalue weighted by Crippen LogP contribution is -2.07. The zero-order valence-electron chi connectivity index (χ0n) is 12.3. The van der Waals surface area contributed by atoms with Gasteiger partial charge in [-0.25, -0.2) is 0 Å². The molecule has 2 aromatic carbocycles. The van der Waals surface area contributed by atoms with Gasteiger partial charge in [0.05, 0.1) is 18.5 Å². The van der Waals surface area contributed by atoms with Gasteiger partial charge < -0.3 is 4.74 Å². The van der Waals surface area contributed by atoms with Gasteiger partial charge in [-0.05, 0) is 33.9 Å². The second-order valence-electron chi connectivity index (χ2n) is 5.38. The Morgan fingerprint density at radius 3 is 2.73 bits per heavy atom. The van der Waals surface area contributed by atoms with E-state index in [0.717, 1.165) is 27.8 Å². The average molecular weight is 297 g/mol. The Labute approximate surface area is 127 Å². The number of hydrogen-bond acceptors (Lipinski definition) is 4. The van der Waals surface area contributed by atoms with Crippen LogP contribution in [0.25, 0.3) is 11.1 Å². The molecule has 0 spiro atoms. The van der Waals surface area contributed by atoms with Crippen molar-refractivity contribution in [1.82, 2.24) is 0 Å². The molecule has 1 atom stereocenters. The topological polar surface area (TPSA) is 69.4 Å². The number of rotatable bonds is 3. The Hall–Kier alpha value is -2.69. The zero-order chi connectivity index (χ0) is 15.9. The monoisotopic (exact) mass is 297 g/mol. The maximum atomic E-state index is 11.6. The van der Waals surface area contributed by atoms with E-state index in [0.29, 0.717) is 0 Å². The SMILES string of the molecule is COC(=O)Cc1cccc2c1C(C)c1cc([N+](=O)[O-])ccc1-2. The van der Waals surface area contributed by atoms with E-state index >= 15 is 0 Å². The number of nitrogens with zero attached hydrogens (tertiary/aromatic N) is 1. The molecule has 5 heteroatoms. The highest BCUT2D eigenvalue weighted by Gasteiger charge is 2.29. The van der Waals surface area contributed by atoms with E-state index in [1.54, 1.807) is 12.1 Å².